The van der Waals surface area contributed by atoms with E-state index in [9.17, 15) is 19.5 Å². The minimum Gasteiger partial charge on any atom is -0.508 e. The third-order valence-corrected chi connectivity index (χ3v) is 13.1. The van der Waals surface area contributed by atoms with E-state index >= 15 is 4.79 Å². The highest BCUT2D eigenvalue weighted by molar-refractivity contribution is 7.22. The highest BCUT2D eigenvalue weighted by Gasteiger charge is 2.68. The molecule has 13 heteroatoms. The number of benzene rings is 2. The molecule has 2 aliphatic carbocycles. The van der Waals surface area contributed by atoms with E-state index in [1.807, 2.05) is 31.2 Å². The van der Waals surface area contributed by atoms with Gasteiger partial charge < -0.3 is 14.6 Å². The summed E-state index contributed by atoms with van der Waals surface area (Å²) in [5, 5.41) is 17.0. The number of allylic oxidation sites excluding steroid dienone is 2. The number of anilines is 1. The quantitative estimate of drug-likeness (QED) is 0.201. The largest absolute Gasteiger partial charge is 0.508 e. The van der Waals surface area contributed by atoms with Crippen LogP contribution in [0.5, 0.6) is 17.2 Å². The van der Waals surface area contributed by atoms with Gasteiger partial charge in [0.05, 0.1) is 42.3 Å². The Morgan fingerprint density at radius 2 is 1.68 bits per heavy atom. The molecule has 0 unspecified atom stereocenters. The second-order valence-electron chi connectivity index (χ2n) is 13.9. The number of aromatic hydroxyl groups is 1. The van der Waals surface area contributed by atoms with Crippen LogP contribution in [0.4, 0.5) is 5.82 Å². The van der Waals surface area contributed by atoms with Crippen molar-refractivity contribution in [1.82, 2.24) is 14.7 Å². The van der Waals surface area contributed by atoms with Gasteiger partial charge in [0.15, 0.2) is 0 Å². The molecule has 1 N–H and O–H groups in total. The van der Waals surface area contributed by atoms with Crippen LogP contribution in [-0.4, -0.2) is 64.7 Å². The number of likely N-dealkylation sites (tertiary alicyclic amines) is 1. The van der Waals surface area contributed by atoms with E-state index in [0.717, 1.165) is 26.1 Å². The van der Waals surface area contributed by atoms with Gasteiger partial charge in [-0.1, -0.05) is 23.3 Å². The van der Waals surface area contributed by atoms with Crippen molar-refractivity contribution in [1.29, 1.82) is 0 Å². The molecule has 2 aliphatic heterocycles. The molecule has 11 nitrogen and oxygen atoms in total. The minimum atomic E-state index is -1.35. The van der Waals surface area contributed by atoms with Crippen molar-refractivity contribution in [3.63, 3.8) is 0 Å². The monoisotopic (exact) mass is 714 g/mol. The average molecular weight is 715 g/mol. The Bertz CT molecular complexity index is 2200. The second-order valence-corrected chi connectivity index (χ2v) is 15.4. The SMILES string of the molecule is COc1cc(O)cc(OC)c1[C@H]1C2=CC[C@@H]3C(=O)N(C)C(=O)[C@@H]3[C@@H]2C[C@H]2C(=O)N(c3cc(-c4sc5ccc(Cl)cc5c4C)nn3C)C(=O)[C@@]12C. The molecule has 0 radical (unpaired) electrons. The molecule has 50 heavy (non-hydrogen) atoms. The third kappa shape index (κ3) is 4.24. The first-order chi connectivity index (χ1) is 23.8. The maximum absolute atomic E-state index is 15.1. The lowest BCUT2D eigenvalue weighted by Gasteiger charge is -2.49. The van der Waals surface area contributed by atoms with Gasteiger partial charge in [-0.15, -0.1) is 11.3 Å². The number of hydrogen-bond donors (Lipinski definition) is 1. The van der Waals surface area contributed by atoms with Gasteiger partial charge in [-0.05, 0) is 61.8 Å². The van der Waals surface area contributed by atoms with E-state index < -0.39 is 46.8 Å². The number of fused-ring (bicyclic) bond motifs is 5. The van der Waals surface area contributed by atoms with E-state index in [4.69, 9.17) is 26.2 Å². The Morgan fingerprint density at radius 3 is 2.36 bits per heavy atom. The fraction of sp³-hybridized carbons (Fsp3) is 0.378. The number of carbonyl (C=O) groups excluding carboxylic acids is 4. The van der Waals surface area contributed by atoms with Crippen molar-refractivity contribution in [2.24, 2.45) is 36.1 Å². The van der Waals surface area contributed by atoms with Crippen LogP contribution in [0.2, 0.25) is 5.02 Å². The second kappa shape index (κ2) is 11.2. The van der Waals surface area contributed by atoms with E-state index in [-0.39, 0.29) is 35.5 Å². The van der Waals surface area contributed by atoms with Crippen LogP contribution in [0.3, 0.4) is 0 Å². The molecule has 3 fully saturated rings. The third-order valence-electron chi connectivity index (χ3n) is 11.5. The van der Waals surface area contributed by atoms with Crippen molar-refractivity contribution in [2.75, 3.05) is 26.2 Å². The number of halogens is 1. The number of carbonyl (C=O) groups is 4. The zero-order valence-electron chi connectivity index (χ0n) is 28.3. The normalized spacial score (nSPS) is 27.5. The summed E-state index contributed by atoms with van der Waals surface area (Å²) < 4.78 is 14.2. The van der Waals surface area contributed by atoms with Crippen LogP contribution >= 0.6 is 22.9 Å². The number of aromatic nitrogens is 2. The van der Waals surface area contributed by atoms with Crippen LogP contribution in [0.1, 0.15) is 36.8 Å². The minimum absolute atomic E-state index is 0.0935. The van der Waals surface area contributed by atoms with E-state index in [0.29, 0.717) is 28.5 Å². The molecule has 2 aromatic carbocycles. The lowest BCUT2D eigenvalue weighted by Crippen LogP contribution is -2.49. The Morgan fingerprint density at radius 1 is 0.980 bits per heavy atom. The van der Waals surface area contributed by atoms with Gasteiger partial charge in [0.25, 0.3) is 0 Å². The number of ether oxygens (including phenoxy) is 2. The predicted octanol–water partition coefficient (Wildman–Crippen LogP) is 5.85. The average Bonchev–Trinajstić information content (AvgIpc) is 3.75. The molecule has 8 rings (SSSR count). The molecule has 4 amide bonds. The van der Waals surface area contributed by atoms with Crippen molar-refractivity contribution < 1.29 is 33.8 Å². The molecule has 0 spiro atoms. The molecule has 4 aromatic rings. The summed E-state index contributed by atoms with van der Waals surface area (Å²) in [5.74, 6) is -3.90. The smallest absolute Gasteiger partial charge is 0.242 e. The van der Waals surface area contributed by atoms with Crippen LogP contribution in [0.15, 0.2) is 48.0 Å². The van der Waals surface area contributed by atoms with Gasteiger partial charge in [-0.2, -0.15) is 5.10 Å². The number of nitrogens with zero attached hydrogens (tertiary/aromatic N) is 4. The Labute approximate surface area is 297 Å². The maximum Gasteiger partial charge on any atom is 0.242 e. The predicted molar refractivity (Wildman–Crippen MR) is 187 cm³/mol. The first-order valence-electron chi connectivity index (χ1n) is 16.4. The van der Waals surface area contributed by atoms with Crippen LogP contribution in [0.25, 0.3) is 20.7 Å². The van der Waals surface area contributed by atoms with Gasteiger partial charge >= 0.3 is 0 Å². The van der Waals surface area contributed by atoms with Crippen molar-refractivity contribution in [3.05, 3.63) is 64.2 Å². The first kappa shape index (κ1) is 32.5. The van der Waals surface area contributed by atoms with E-state index in [1.165, 1.54) is 43.2 Å². The molecular formula is C37H35ClN4O7S. The van der Waals surface area contributed by atoms with Gasteiger partial charge in [0, 0.05) is 53.5 Å². The Kier molecular flexibility index (Phi) is 7.26. The molecule has 1 saturated carbocycles. The number of thiophene rings is 1. The first-order valence-corrected chi connectivity index (χ1v) is 17.6. The number of hydrogen-bond acceptors (Lipinski definition) is 9. The van der Waals surface area contributed by atoms with Crippen LogP contribution in [-0.2, 0) is 26.2 Å². The van der Waals surface area contributed by atoms with Crippen molar-refractivity contribution >= 4 is 62.5 Å². The van der Waals surface area contributed by atoms with E-state index in [2.05, 4.69) is 0 Å². The maximum atomic E-state index is 15.1. The van der Waals surface area contributed by atoms with Gasteiger partial charge in [-0.25, -0.2) is 4.90 Å². The lowest BCUT2D eigenvalue weighted by atomic mass is 9.51. The highest BCUT2D eigenvalue weighted by atomic mass is 35.5. The summed E-state index contributed by atoms with van der Waals surface area (Å²) in [6.07, 6.45) is 2.49. The van der Waals surface area contributed by atoms with Crippen LogP contribution < -0.4 is 14.4 Å². The molecular weight excluding hydrogens is 680 g/mol. The molecule has 2 saturated heterocycles. The molecule has 4 heterocycles. The number of amides is 4. The fourth-order valence-corrected chi connectivity index (χ4v) is 10.4. The van der Waals surface area contributed by atoms with E-state index in [1.54, 1.807) is 36.1 Å². The number of aryl methyl sites for hydroxylation is 2. The number of rotatable bonds is 5. The van der Waals surface area contributed by atoms with Gasteiger partial charge in [-0.3, -0.25) is 28.8 Å². The van der Waals surface area contributed by atoms with Crippen LogP contribution in [0, 0.1) is 36.0 Å². The molecule has 2 aromatic heterocycles. The van der Waals surface area contributed by atoms with Gasteiger partial charge in [0.1, 0.15) is 28.8 Å². The highest BCUT2D eigenvalue weighted by Crippen LogP contribution is 2.65. The summed E-state index contributed by atoms with van der Waals surface area (Å²) in [4.78, 5) is 60.0. The molecule has 6 atom stereocenters. The standard InChI is InChI=1S/C37H35ClN4O7S/c1-16-21-11-17(38)7-10-27(21)50-32(16)24-15-28(41(4)39-24)42-34(45)23-14-22-19(8-9-20-29(22)35(46)40(3)33(20)44)31(37(23,2)36(42)47)30-25(48-5)12-18(43)13-26(30)49-6/h7-8,10-13,15,20,22-23,29,31,43H,9,14H2,1-6H3/t20-,22+,23-,29-,31+,37+/m0/s1. The zero-order chi connectivity index (χ0) is 35.5. The summed E-state index contributed by atoms with van der Waals surface area (Å²) in [7, 11) is 6.13. The fourth-order valence-electron chi connectivity index (χ4n) is 9.12. The Hall–Kier alpha value is -4.68. The number of phenolic OH excluding ortho intramolecular Hbond substituents is 1. The summed E-state index contributed by atoms with van der Waals surface area (Å²) in [6, 6.07) is 10.4. The molecule has 4 aliphatic rings. The summed E-state index contributed by atoms with van der Waals surface area (Å²) in [5.41, 5.74) is 1.55. The van der Waals surface area contributed by atoms with Crippen molar-refractivity contribution in [2.45, 2.75) is 32.6 Å². The number of imide groups is 2. The zero-order valence-corrected chi connectivity index (χ0v) is 29.9. The number of methoxy groups -OCH3 is 2. The topological polar surface area (TPSA) is 131 Å². The van der Waals surface area contributed by atoms with Crippen molar-refractivity contribution in [3.8, 4) is 27.8 Å². The summed E-state index contributed by atoms with van der Waals surface area (Å²) >= 11 is 7.86. The summed E-state index contributed by atoms with van der Waals surface area (Å²) in [6.45, 7) is 3.79. The lowest BCUT2D eigenvalue weighted by molar-refractivity contribution is -0.138. The Balaban J connectivity index is 1.30. The van der Waals surface area contributed by atoms with Gasteiger partial charge in [0.2, 0.25) is 23.6 Å². The molecule has 258 valence electrons. The molecule has 0 bridgehead atoms. The number of phenols is 1.